The van der Waals surface area contributed by atoms with E-state index in [1.165, 1.54) is 11.3 Å². The number of nitrogens with one attached hydrogen (secondary N) is 1. The molecule has 0 aliphatic carbocycles. The summed E-state index contributed by atoms with van der Waals surface area (Å²) in [6.45, 7) is 2.84. The zero-order valence-corrected chi connectivity index (χ0v) is 11.7. The highest BCUT2D eigenvalue weighted by Crippen LogP contribution is 2.19. The van der Waals surface area contributed by atoms with Crippen molar-refractivity contribution in [2.45, 2.75) is 13.0 Å². The topological polar surface area (TPSA) is 78.7 Å². The van der Waals surface area contributed by atoms with Gasteiger partial charge in [-0.15, -0.1) is 11.3 Å². The fourth-order valence-corrected chi connectivity index (χ4v) is 3.01. The molecule has 0 unspecified atom stereocenters. The van der Waals surface area contributed by atoms with Crippen LogP contribution in [0, 0.1) is 0 Å². The Morgan fingerprint density at radius 3 is 3.00 bits per heavy atom. The maximum Gasteiger partial charge on any atom is 0.275 e. The number of nitrogen functional groups attached to an aromatic ring is 1. The highest BCUT2D eigenvalue weighted by atomic mass is 32.1. The fourth-order valence-electron chi connectivity index (χ4n) is 2.06. The van der Waals surface area contributed by atoms with Crippen LogP contribution in [-0.2, 0) is 11.3 Å². The Balaban J connectivity index is 1.98. The Kier molecular flexibility index (Phi) is 4.52. The SMILES string of the molecule is CN1CCCN(Cc2ccc(C(=O)NN)s2)CC1=O. The molecule has 2 rings (SSSR count). The number of carbonyl (C=O) groups excluding carboxylic acids is 2. The van der Waals surface area contributed by atoms with Crippen molar-refractivity contribution in [2.75, 3.05) is 26.7 Å². The van der Waals surface area contributed by atoms with Crippen LogP contribution in [0.4, 0.5) is 0 Å². The summed E-state index contributed by atoms with van der Waals surface area (Å²) >= 11 is 1.41. The first-order valence-electron chi connectivity index (χ1n) is 6.16. The molecule has 19 heavy (non-hydrogen) atoms. The fraction of sp³-hybridized carbons (Fsp3) is 0.500. The van der Waals surface area contributed by atoms with Gasteiger partial charge in [-0.1, -0.05) is 0 Å². The standard InChI is InChI=1S/C12H18N4O2S/c1-15-5-2-6-16(8-11(15)17)7-9-3-4-10(19-9)12(18)14-13/h3-4H,2,5-8,13H2,1H3,(H,14,18). The normalized spacial score (nSPS) is 17.4. The van der Waals surface area contributed by atoms with Crippen molar-refractivity contribution in [2.24, 2.45) is 5.84 Å². The second kappa shape index (κ2) is 6.14. The number of thiophene rings is 1. The van der Waals surface area contributed by atoms with Crippen molar-refractivity contribution < 1.29 is 9.59 Å². The summed E-state index contributed by atoms with van der Waals surface area (Å²) in [6, 6.07) is 3.67. The van der Waals surface area contributed by atoms with Crippen LogP contribution in [0.5, 0.6) is 0 Å². The van der Waals surface area contributed by atoms with Crippen LogP contribution < -0.4 is 11.3 Å². The third-order valence-electron chi connectivity index (χ3n) is 3.15. The molecule has 1 aromatic rings. The van der Waals surface area contributed by atoms with Crippen molar-refractivity contribution in [3.8, 4) is 0 Å². The first kappa shape index (κ1) is 14.0. The molecule has 0 bridgehead atoms. The van der Waals surface area contributed by atoms with Gasteiger partial charge in [-0.2, -0.15) is 0 Å². The summed E-state index contributed by atoms with van der Waals surface area (Å²) in [6.07, 6.45) is 0.976. The lowest BCUT2D eigenvalue weighted by molar-refractivity contribution is -0.129. The van der Waals surface area contributed by atoms with Crippen LogP contribution >= 0.6 is 11.3 Å². The van der Waals surface area contributed by atoms with Gasteiger partial charge in [0, 0.05) is 31.6 Å². The zero-order chi connectivity index (χ0) is 13.8. The average Bonchev–Trinajstić information content (AvgIpc) is 2.79. The predicted octanol–water partition coefficient (Wildman–Crippen LogP) is 0.0157. The van der Waals surface area contributed by atoms with E-state index in [1.807, 2.05) is 13.1 Å². The van der Waals surface area contributed by atoms with Crippen LogP contribution in [0.1, 0.15) is 21.0 Å². The predicted molar refractivity (Wildman–Crippen MR) is 73.5 cm³/mol. The lowest BCUT2D eigenvalue weighted by Gasteiger charge is -2.18. The van der Waals surface area contributed by atoms with Crippen LogP contribution in [0.2, 0.25) is 0 Å². The molecule has 104 valence electrons. The van der Waals surface area contributed by atoms with Crippen molar-refractivity contribution in [3.05, 3.63) is 21.9 Å². The number of hydrogen-bond acceptors (Lipinski definition) is 5. The minimum absolute atomic E-state index is 0.147. The quantitative estimate of drug-likeness (QED) is 0.465. The molecule has 0 radical (unpaired) electrons. The second-order valence-electron chi connectivity index (χ2n) is 4.62. The van der Waals surface area contributed by atoms with E-state index in [9.17, 15) is 9.59 Å². The number of rotatable bonds is 3. The smallest absolute Gasteiger partial charge is 0.275 e. The summed E-state index contributed by atoms with van der Waals surface area (Å²) in [7, 11) is 1.83. The molecule has 1 fully saturated rings. The van der Waals surface area contributed by atoms with Gasteiger partial charge in [-0.25, -0.2) is 5.84 Å². The molecular weight excluding hydrogens is 264 g/mol. The first-order chi connectivity index (χ1) is 9.10. The van der Waals surface area contributed by atoms with Crippen molar-refractivity contribution >= 4 is 23.2 Å². The van der Waals surface area contributed by atoms with Crippen LogP contribution in [0.25, 0.3) is 0 Å². The molecule has 0 aromatic carbocycles. The molecule has 1 saturated heterocycles. The van der Waals surface area contributed by atoms with Crippen molar-refractivity contribution in [1.29, 1.82) is 0 Å². The molecule has 7 heteroatoms. The number of amides is 2. The van der Waals surface area contributed by atoms with E-state index in [1.54, 1.807) is 11.0 Å². The summed E-state index contributed by atoms with van der Waals surface area (Å²) < 4.78 is 0. The van der Waals surface area contributed by atoms with Gasteiger partial charge in [0.1, 0.15) is 0 Å². The average molecular weight is 282 g/mol. The Morgan fingerprint density at radius 1 is 1.47 bits per heavy atom. The molecule has 2 amide bonds. The van der Waals surface area contributed by atoms with Gasteiger partial charge >= 0.3 is 0 Å². The first-order valence-corrected chi connectivity index (χ1v) is 6.98. The van der Waals surface area contributed by atoms with Crippen LogP contribution in [0.3, 0.4) is 0 Å². The number of nitrogens with two attached hydrogens (primary N) is 1. The highest BCUT2D eigenvalue weighted by molar-refractivity contribution is 7.14. The number of likely N-dealkylation sites (N-methyl/N-ethyl adjacent to an activating group) is 1. The summed E-state index contributed by atoms with van der Waals surface area (Å²) in [5.41, 5.74) is 2.12. The highest BCUT2D eigenvalue weighted by Gasteiger charge is 2.19. The van der Waals surface area contributed by atoms with Gasteiger partial charge in [0.25, 0.3) is 5.91 Å². The van der Waals surface area contributed by atoms with Crippen LogP contribution in [0.15, 0.2) is 12.1 Å². The summed E-state index contributed by atoms with van der Waals surface area (Å²) in [4.78, 5) is 28.7. The maximum atomic E-state index is 11.8. The lowest BCUT2D eigenvalue weighted by atomic mass is 10.3. The monoisotopic (exact) mass is 282 g/mol. The van der Waals surface area contributed by atoms with Gasteiger partial charge < -0.3 is 4.90 Å². The Hall–Kier alpha value is -1.44. The van der Waals surface area contributed by atoms with E-state index in [0.717, 1.165) is 24.4 Å². The van der Waals surface area contributed by atoms with Gasteiger partial charge in [0.2, 0.25) is 5.91 Å². The molecule has 0 saturated carbocycles. The molecular formula is C12H18N4O2S. The molecule has 3 N–H and O–H groups in total. The zero-order valence-electron chi connectivity index (χ0n) is 10.9. The molecule has 0 atom stereocenters. The molecule has 1 aliphatic rings. The largest absolute Gasteiger partial charge is 0.345 e. The molecule has 0 spiro atoms. The van der Waals surface area contributed by atoms with E-state index in [4.69, 9.17) is 5.84 Å². The summed E-state index contributed by atoms with van der Waals surface area (Å²) in [5, 5.41) is 0. The van der Waals surface area contributed by atoms with Gasteiger partial charge in [0.05, 0.1) is 11.4 Å². The van der Waals surface area contributed by atoms with Gasteiger partial charge in [0.15, 0.2) is 0 Å². The minimum Gasteiger partial charge on any atom is -0.345 e. The van der Waals surface area contributed by atoms with E-state index in [-0.39, 0.29) is 11.8 Å². The van der Waals surface area contributed by atoms with Gasteiger partial charge in [-0.05, 0) is 18.6 Å². The van der Waals surface area contributed by atoms with E-state index in [2.05, 4.69) is 10.3 Å². The summed E-state index contributed by atoms with van der Waals surface area (Å²) in [5.74, 6) is 4.97. The van der Waals surface area contributed by atoms with Gasteiger partial charge in [-0.3, -0.25) is 19.9 Å². The molecule has 6 nitrogen and oxygen atoms in total. The number of hydrazine groups is 1. The molecule has 1 aliphatic heterocycles. The second-order valence-corrected chi connectivity index (χ2v) is 5.79. The minimum atomic E-state index is -0.275. The third-order valence-corrected chi connectivity index (χ3v) is 4.22. The van der Waals surface area contributed by atoms with E-state index < -0.39 is 0 Å². The Morgan fingerprint density at radius 2 is 2.26 bits per heavy atom. The van der Waals surface area contributed by atoms with E-state index in [0.29, 0.717) is 18.0 Å². The number of carbonyl (C=O) groups is 2. The number of hydrogen-bond donors (Lipinski definition) is 2. The van der Waals surface area contributed by atoms with Crippen LogP contribution in [-0.4, -0.2) is 48.3 Å². The van der Waals surface area contributed by atoms with Crippen molar-refractivity contribution in [1.82, 2.24) is 15.2 Å². The molecule has 2 heterocycles. The number of nitrogens with zero attached hydrogens (tertiary/aromatic N) is 2. The maximum absolute atomic E-state index is 11.8. The third kappa shape index (κ3) is 3.52. The molecule has 1 aromatic heterocycles. The van der Waals surface area contributed by atoms with Crippen molar-refractivity contribution in [3.63, 3.8) is 0 Å². The Bertz CT molecular complexity index is 474. The van der Waals surface area contributed by atoms with E-state index >= 15 is 0 Å². The lowest BCUT2D eigenvalue weighted by Crippen LogP contribution is -2.33. The Labute approximate surface area is 116 Å².